The van der Waals surface area contributed by atoms with Crippen LogP contribution in [-0.4, -0.2) is 46.2 Å². The van der Waals surface area contributed by atoms with Crippen LogP contribution in [0.25, 0.3) is 0 Å². The Bertz CT molecular complexity index is 629. The first-order valence-corrected chi connectivity index (χ1v) is 10.0. The first-order chi connectivity index (χ1) is 11.3. The van der Waals surface area contributed by atoms with Gasteiger partial charge in [-0.05, 0) is 30.9 Å². The minimum Gasteiger partial charge on any atom is -0.381 e. The molecule has 2 fully saturated rings. The Hall–Kier alpha value is -0.980. The maximum Gasteiger partial charge on any atom is 0.236 e. The Labute approximate surface area is 145 Å². The van der Waals surface area contributed by atoms with E-state index in [1.807, 2.05) is 6.07 Å². The molecular formula is C17H20N2O2S2. The number of aliphatic imine (C=N–C) groups is 1. The van der Waals surface area contributed by atoms with Gasteiger partial charge in [0, 0.05) is 31.6 Å². The third-order valence-electron chi connectivity index (χ3n) is 4.62. The Morgan fingerprint density at radius 1 is 1.22 bits per heavy atom. The van der Waals surface area contributed by atoms with Crippen molar-refractivity contribution < 1.29 is 9.53 Å². The van der Waals surface area contributed by atoms with Crippen LogP contribution in [0.5, 0.6) is 0 Å². The molecule has 0 aliphatic carbocycles. The number of rotatable bonds is 2. The van der Waals surface area contributed by atoms with Crippen LogP contribution in [0.3, 0.4) is 0 Å². The van der Waals surface area contributed by atoms with Gasteiger partial charge < -0.3 is 9.64 Å². The lowest BCUT2D eigenvalue weighted by Crippen LogP contribution is -2.41. The number of likely N-dealkylation sites (tertiary alicyclic amines) is 1. The molecule has 6 heteroatoms. The molecule has 3 aliphatic rings. The summed E-state index contributed by atoms with van der Waals surface area (Å²) in [6, 6.07) is 8.64. The molecule has 3 heterocycles. The lowest BCUT2D eigenvalue weighted by Gasteiger charge is -2.31. The summed E-state index contributed by atoms with van der Waals surface area (Å²) in [6.07, 6.45) is 2.89. The third kappa shape index (κ3) is 3.30. The third-order valence-corrected chi connectivity index (χ3v) is 7.07. The van der Waals surface area contributed by atoms with Crippen molar-refractivity contribution in [3.05, 3.63) is 29.8 Å². The molecular weight excluding hydrogens is 328 g/mol. The van der Waals surface area contributed by atoms with Gasteiger partial charge in [-0.1, -0.05) is 41.7 Å². The number of hydrogen-bond donors (Lipinski definition) is 0. The van der Waals surface area contributed by atoms with E-state index >= 15 is 0 Å². The predicted octanol–water partition coefficient (Wildman–Crippen LogP) is 3.43. The number of thioether (sulfide) groups is 2. The van der Waals surface area contributed by atoms with Gasteiger partial charge in [0.1, 0.15) is 4.38 Å². The molecule has 4 nitrogen and oxygen atoms in total. The average Bonchev–Trinajstić information content (AvgIpc) is 2.96. The van der Waals surface area contributed by atoms with Gasteiger partial charge in [0.2, 0.25) is 5.91 Å². The molecule has 23 heavy (non-hydrogen) atoms. The molecule has 1 aromatic carbocycles. The van der Waals surface area contributed by atoms with Crippen molar-refractivity contribution in [1.82, 2.24) is 4.90 Å². The fourth-order valence-corrected chi connectivity index (χ4v) is 5.68. The predicted molar refractivity (Wildman–Crippen MR) is 96.4 cm³/mol. The summed E-state index contributed by atoms with van der Waals surface area (Å²) >= 11 is 3.41. The maximum absolute atomic E-state index is 12.7. The van der Waals surface area contributed by atoms with Gasteiger partial charge in [-0.2, -0.15) is 0 Å². The van der Waals surface area contributed by atoms with Crippen molar-refractivity contribution >= 4 is 39.5 Å². The SMILES string of the molecule is O=C1[C@@H](SC2=Nc3ccccc3CS2)CCN1C1CCOCC1. The first kappa shape index (κ1) is 15.5. The minimum absolute atomic E-state index is 0.0364. The molecule has 122 valence electrons. The second kappa shape index (κ2) is 6.87. The second-order valence-corrected chi connectivity index (χ2v) is 8.48. The summed E-state index contributed by atoms with van der Waals surface area (Å²) in [6.45, 7) is 2.45. The van der Waals surface area contributed by atoms with Gasteiger partial charge in [-0.15, -0.1) is 0 Å². The Balaban J connectivity index is 1.42. The van der Waals surface area contributed by atoms with Gasteiger partial charge in [0.15, 0.2) is 0 Å². The van der Waals surface area contributed by atoms with E-state index < -0.39 is 0 Å². The lowest BCUT2D eigenvalue weighted by atomic mass is 10.1. The highest BCUT2D eigenvalue weighted by molar-refractivity contribution is 8.39. The van der Waals surface area contributed by atoms with Crippen molar-refractivity contribution in [1.29, 1.82) is 0 Å². The van der Waals surface area contributed by atoms with Crippen molar-refractivity contribution in [2.75, 3.05) is 19.8 Å². The van der Waals surface area contributed by atoms with E-state index in [4.69, 9.17) is 9.73 Å². The molecule has 0 bridgehead atoms. The highest BCUT2D eigenvalue weighted by Crippen LogP contribution is 2.38. The summed E-state index contributed by atoms with van der Waals surface area (Å²) in [5, 5.41) is 0.0364. The molecule has 1 aromatic rings. The molecule has 0 spiro atoms. The fraction of sp³-hybridized carbons (Fsp3) is 0.529. The lowest BCUT2D eigenvalue weighted by molar-refractivity contribution is -0.130. The number of carbonyl (C=O) groups is 1. The summed E-state index contributed by atoms with van der Waals surface area (Å²) in [5.41, 5.74) is 2.34. The molecule has 0 aromatic heterocycles. The smallest absolute Gasteiger partial charge is 0.236 e. The molecule has 3 aliphatic heterocycles. The van der Waals surface area contributed by atoms with Gasteiger partial charge in [-0.25, -0.2) is 4.99 Å². The monoisotopic (exact) mass is 348 g/mol. The Morgan fingerprint density at radius 2 is 2.04 bits per heavy atom. The van der Waals surface area contributed by atoms with E-state index in [9.17, 15) is 4.79 Å². The van der Waals surface area contributed by atoms with Gasteiger partial charge in [0.25, 0.3) is 0 Å². The number of para-hydroxylation sites is 1. The van der Waals surface area contributed by atoms with Gasteiger partial charge in [0.05, 0.1) is 10.9 Å². The molecule has 0 saturated carbocycles. The van der Waals surface area contributed by atoms with Crippen molar-refractivity contribution in [2.24, 2.45) is 4.99 Å². The Kier molecular flexibility index (Phi) is 4.64. The van der Waals surface area contributed by atoms with Crippen LogP contribution >= 0.6 is 23.5 Å². The van der Waals surface area contributed by atoms with Crippen LogP contribution in [0.1, 0.15) is 24.8 Å². The van der Waals surface area contributed by atoms with E-state index in [2.05, 4.69) is 23.1 Å². The van der Waals surface area contributed by atoms with E-state index in [0.717, 1.165) is 54.8 Å². The second-order valence-electron chi connectivity index (χ2n) is 6.07. The fourth-order valence-electron chi connectivity index (χ4n) is 3.34. The summed E-state index contributed by atoms with van der Waals surface area (Å²) < 4.78 is 6.45. The van der Waals surface area contributed by atoms with Crippen LogP contribution in [-0.2, 0) is 15.3 Å². The molecule has 4 rings (SSSR count). The number of fused-ring (bicyclic) bond motifs is 1. The highest BCUT2D eigenvalue weighted by Gasteiger charge is 2.37. The van der Waals surface area contributed by atoms with E-state index in [1.54, 1.807) is 23.5 Å². The standard InChI is InChI=1S/C17H20N2O2S2/c20-16-15(5-8-19(16)13-6-9-21-10-7-13)23-17-18-14-4-2-1-3-12(14)11-22-17/h1-4,13,15H,5-11H2/t15-/m0/s1. The van der Waals surface area contributed by atoms with Crippen molar-refractivity contribution in [2.45, 2.75) is 36.3 Å². The van der Waals surface area contributed by atoms with Crippen molar-refractivity contribution in [3.8, 4) is 0 Å². The van der Waals surface area contributed by atoms with Gasteiger partial charge in [-0.3, -0.25) is 4.79 Å². The molecule has 0 N–H and O–H groups in total. The molecule has 1 atom stereocenters. The highest BCUT2D eigenvalue weighted by atomic mass is 32.2. The zero-order valence-corrected chi connectivity index (χ0v) is 14.6. The number of amides is 1. The zero-order chi connectivity index (χ0) is 15.6. The number of benzene rings is 1. The van der Waals surface area contributed by atoms with Crippen molar-refractivity contribution in [3.63, 3.8) is 0 Å². The van der Waals surface area contributed by atoms with Crippen LogP contribution in [0.2, 0.25) is 0 Å². The number of hydrogen-bond acceptors (Lipinski definition) is 5. The quantitative estimate of drug-likeness (QED) is 0.821. The average molecular weight is 348 g/mol. The largest absolute Gasteiger partial charge is 0.381 e. The maximum atomic E-state index is 12.7. The zero-order valence-electron chi connectivity index (χ0n) is 12.9. The summed E-state index contributed by atoms with van der Waals surface area (Å²) in [4.78, 5) is 19.5. The topological polar surface area (TPSA) is 41.9 Å². The molecule has 2 saturated heterocycles. The van der Waals surface area contributed by atoms with E-state index in [1.165, 1.54) is 5.56 Å². The van der Waals surface area contributed by atoms with Gasteiger partial charge >= 0.3 is 0 Å². The van der Waals surface area contributed by atoms with Crippen LogP contribution in [0.15, 0.2) is 29.3 Å². The number of ether oxygens (including phenoxy) is 1. The molecule has 0 radical (unpaired) electrons. The van der Waals surface area contributed by atoms with Crippen LogP contribution in [0, 0.1) is 0 Å². The van der Waals surface area contributed by atoms with E-state index in [0.29, 0.717) is 11.9 Å². The minimum atomic E-state index is 0.0364. The normalized spacial score (nSPS) is 25.4. The first-order valence-electron chi connectivity index (χ1n) is 8.15. The molecule has 0 unspecified atom stereocenters. The summed E-state index contributed by atoms with van der Waals surface area (Å²) in [5.74, 6) is 1.25. The van der Waals surface area contributed by atoms with Crippen LogP contribution in [0.4, 0.5) is 5.69 Å². The number of carbonyl (C=O) groups excluding carboxylic acids is 1. The van der Waals surface area contributed by atoms with Crippen LogP contribution < -0.4 is 0 Å². The Morgan fingerprint density at radius 3 is 2.91 bits per heavy atom. The summed E-state index contributed by atoms with van der Waals surface area (Å²) in [7, 11) is 0. The van der Waals surface area contributed by atoms with E-state index in [-0.39, 0.29) is 5.25 Å². The number of nitrogens with zero attached hydrogens (tertiary/aromatic N) is 2. The molecule has 1 amide bonds.